The Morgan fingerprint density at radius 3 is 2.94 bits per heavy atom. The average molecular weight is 249 g/mol. The molecular formula is C14H16FNO2. The monoisotopic (exact) mass is 249 g/mol. The van der Waals surface area contributed by atoms with E-state index < -0.39 is 5.82 Å². The zero-order chi connectivity index (χ0) is 13.1. The zero-order valence-corrected chi connectivity index (χ0v) is 10.5. The summed E-state index contributed by atoms with van der Waals surface area (Å²) in [5, 5.41) is 3.77. The van der Waals surface area contributed by atoms with Gasteiger partial charge in [0.25, 0.3) is 0 Å². The Morgan fingerprint density at radius 2 is 2.28 bits per heavy atom. The van der Waals surface area contributed by atoms with Crippen molar-refractivity contribution >= 4 is 16.8 Å². The van der Waals surface area contributed by atoms with E-state index in [0.717, 1.165) is 6.54 Å². The number of rotatable bonds is 5. The van der Waals surface area contributed by atoms with Gasteiger partial charge in [-0.1, -0.05) is 19.1 Å². The summed E-state index contributed by atoms with van der Waals surface area (Å²) in [5.74, 6) is -0.329. The lowest BCUT2D eigenvalue weighted by molar-refractivity contribution is 0.0946. The number of hydrogen-bond acceptors (Lipinski definition) is 3. The molecule has 1 atom stereocenters. The first-order chi connectivity index (χ1) is 8.61. The van der Waals surface area contributed by atoms with Gasteiger partial charge in [0.05, 0.1) is 0 Å². The molecule has 0 spiro atoms. The summed E-state index contributed by atoms with van der Waals surface area (Å²) in [7, 11) is 0. The fourth-order valence-corrected chi connectivity index (χ4v) is 1.96. The lowest BCUT2D eigenvalue weighted by Gasteiger charge is -2.09. The van der Waals surface area contributed by atoms with E-state index in [2.05, 4.69) is 5.32 Å². The van der Waals surface area contributed by atoms with Crippen LogP contribution >= 0.6 is 0 Å². The number of halogens is 1. The molecule has 1 unspecified atom stereocenters. The molecule has 4 heteroatoms. The van der Waals surface area contributed by atoms with E-state index in [1.807, 2.05) is 13.8 Å². The van der Waals surface area contributed by atoms with Crippen LogP contribution in [0.1, 0.15) is 30.8 Å². The third kappa shape index (κ3) is 2.59. The maximum atomic E-state index is 13.4. The van der Waals surface area contributed by atoms with Crippen molar-refractivity contribution in [3.05, 3.63) is 35.8 Å². The molecule has 1 heterocycles. The van der Waals surface area contributed by atoms with Crippen molar-refractivity contribution in [3.63, 3.8) is 0 Å². The minimum absolute atomic E-state index is 0.0839. The molecule has 0 aliphatic carbocycles. The van der Waals surface area contributed by atoms with Gasteiger partial charge in [-0.2, -0.15) is 0 Å². The van der Waals surface area contributed by atoms with Crippen molar-refractivity contribution in [2.45, 2.75) is 26.3 Å². The molecular weight excluding hydrogens is 233 g/mol. The molecule has 1 N–H and O–H groups in total. The van der Waals surface area contributed by atoms with Gasteiger partial charge in [-0.15, -0.1) is 0 Å². The van der Waals surface area contributed by atoms with Crippen molar-refractivity contribution in [2.75, 3.05) is 6.54 Å². The van der Waals surface area contributed by atoms with E-state index in [-0.39, 0.29) is 23.2 Å². The highest BCUT2D eigenvalue weighted by molar-refractivity contribution is 5.97. The molecule has 0 bridgehead atoms. The van der Waals surface area contributed by atoms with Gasteiger partial charge < -0.3 is 9.73 Å². The Labute approximate surface area is 105 Å². The van der Waals surface area contributed by atoms with Crippen molar-refractivity contribution < 1.29 is 13.6 Å². The van der Waals surface area contributed by atoms with Gasteiger partial charge in [0, 0.05) is 17.8 Å². The largest absolute Gasteiger partial charge is 0.450 e. The van der Waals surface area contributed by atoms with Crippen LogP contribution in [0.4, 0.5) is 4.39 Å². The highest BCUT2D eigenvalue weighted by Crippen LogP contribution is 2.23. The molecule has 0 fully saturated rings. The van der Waals surface area contributed by atoms with Crippen LogP contribution in [0.2, 0.25) is 0 Å². The molecule has 96 valence electrons. The molecule has 0 radical (unpaired) electrons. The van der Waals surface area contributed by atoms with Gasteiger partial charge in [-0.05, 0) is 25.6 Å². The smallest absolute Gasteiger partial charge is 0.199 e. The Balaban J connectivity index is 2.21. The number of Topliss-reactive ketones (excluding diaryl/α,β-unsaturated/α-hetero) is 1. The van der Waals surface area contributed by atoms with Crippen molar-refractivity contribution in [3.8, 4) is 0 Å². The second-order valence-corrected chi connectivity index (χ2v) is 4.35. The first-order valence-corrected chi connectivity index (χ1v) is 6.06. The number of para-hydroxylation sites is 1. The maximum absolute atomic E-state index is 13.4. The number of nitrogens with one attached hydrogen (secondary N) is 1. The summed E-state index contributed by atoms with van der Waals surface area (Å²) in [6, 6.07) is 6.33. The van der Waals surface area contributed by atoms with Crippen molar-refractivity contribution in [1.82, 2.24) is 5.32 Å². The Kier molecular flexibility index (Phi) is 3.77. The molecule has 1 aromatic carbocycles. The van der Waals surface area contributed by atoms with Crippen LogP contribution in [0.5, 0.6) is 0 Å². The van der Waals surface area contributed by atoms with Crippen molar-refractivity contribution in [1.29, 1.82) is 0 Å². The van der Waals surface area contributed by atoms with Gasteiger partial charge in [-0.3, -0.25) is 4.79 Å². The topological polar surface area (TPSA) is 42.2 Å². The molecule has 0 saturated carbocycles. The van der Waals surface area contributed by atoms with Gasteiger partial charge in [0.1, 0.15) is 0 Å². The van der Waals surface area contributed by atoms with E-state index >= 15 is 0 Å². The number of carbonyl (C=O) groups is 1. The molecule has 3 nitrogen and oxygen atoms in total. The second-order valence-electron chi connectivity index (χ2n) is 4.35. The normalized spacial score (nSPS) is 12.8. The second kappa shape index (κ2) is 5.31. The van der Waals surface area contributed by atoms with Crippen LogP contribution in [0.3, 0.4) is 0 Å². The summed E-state index contributed by atoms with van der Waals surface area (Å²) in [6.07, 6.45) is 0.343. The van der Waals surface area contributed by atoms with E-state index in [9.17, 15) is 9.18 Å². The molecule has 2 aromatic rings. The Hall–Kier alpha value is -1.68. The number of furan rings is 1. The van der Waals surface area contributed by atoms with E-state index in [1.54, 1.807) is 18.2 Å². The standard InChI is InChI=1S/C14H16FNO2/c1-3-16-9(2)7-12(17)13-8-10-5-4-6-11(15)14(10)18-13/h4-6,8-9,16H,3,7H2,1-2H3. The number of fused-ring (bicyclic) bond motifs is 1. The summed E-state index contributed by atoms with van der Waals surface area (Å²) in [5.41, 5.74) is 0.150. The van der Waals surface area contributed by atoms with Gasteiger partial charge in [0.2, 0.25) is 0 Å². The summed E-state index contributed by atoms with van der Waals surface area (Å²) >= 11 is 0. The van der Waals surface area contributed by atoms with Crippen LogP contribution in [-0.4, -0.2) is 18.4 Å². The quantitative estimate of drug-likeness (QED) is 0.828. The van der Waals surface area contributed by atoms with Crippen LogP contribution < -0.4 is 5.32 Å². The predicted octanol–water partition coefficient (Wildman–Crippen LogP) is 3.14. The molecule has 0 aliphatic heterocycles. The molecule has 2 rings (SSSR count). The predicted molar refractivity (Wildman–Crippen MR) is 68.3 cm³/mol. The third-order valence-corrected chi connectivity index (χ3v) is 2.82. The molecule has 0 saturated heterocycles. The van der Waals surface area contributed by atoms with Gasteiger partial charge in [-0.25, -0.2) is 4.39 Å². The van der Waals surface area contributed by atoms with E-state index in [0.29, 0.717) is 11.8 Å². The first-order valence-electron chi connectivity index (χ1n) is 6.06. The lowest BCUT2D eigenvalue weighted by Crippen LogP contribution is -2.28. The summed E-state index contributed by atoms with van der Waals surface area (Å²) < 4.78 is 18.7. The number of carbonyl (C=O) groups excluding carboxylic acids is 1. The van der Waals surface area contributed by atoms with Crippen LogP contribution in [0.25, 0.3) is 11.0 Å². The van der Waals surface area contributed by atoms with Crippen LogP contribution in [-0.2, 0) is 0 Å². The highest BCUT2D eigenvalue weighted by atomic mass is 19.1. The fraction of sp³-hybridized carbons (Fsp3) is 0.357. The molecule has 0 amide bonds. The molecule has 1 aromatic heterocycles. The molecule has 18 heavy (non-hydrogen) atoms. The van der Waals surface area contributed by atoms with Crippen LogP contribution in [0, 0.1) is 5.82 Å². The fourth-order valence-electron chi connectivity index (χ4n) is 1.96. The zero-order valence-electron chi connectivity index (χ0n) is 10.5. The highest BCUT2D eigenvalue weighted by Gasteiger charge is 2.16. The number of ketones is 1. The van der Waals surface area contributed by atoms with Gasteiger partial charge >= 0.3 is 0 Å². The van der Waals surface area contributed by atoms with Crippen molar-refractivity contribution in [2.24, 2.45) is 0 Å². The first kappa shape index (κ1) is 12.8. The lowest BCUT2D eigenvalue weighted by atomic mass is 10.1. The van der Waals surface area contributed by atoms with E-state index in [1.165, 1.54) is 6.07 Å². The minimum Gasteiger partial charge on any atom is -0.450 e. The average Bonchev–Trinajstić information content (AvgIpc) is 2.74. The van der Waals surface area contributed by atoms with E-state index in [4.69, 9.17) is 4.42 Å². The van der Waals surface area contributed by atoms with Crippen LogP contribution in [0.15, 0.2) is 28.7 Å². The third-order valence-electron chi connectivity index (χ3n) is 2.82. The summed E-state index contributed by atoms with van der Waals surface area (Å²) in [4.78, 5) is 12.0. The Bertz CT molecular complexity index is 562. The number of benzene rings is 1. The molecule has 0 aliphatic rings. The summed E-state index contributed by atoms with van der Waals surface area (Å²) in [6.45, 7) is 4.73. The maximum Gasteiger partial charge on any atom is 0.199 e. The minimum atomic E-state index is -0.439. The Morgan fingerprint density at radius 1 is 1.50 bits per heavy atom. The van der Waals surface area contributed by atoms with Gasteiger partial charge in [0.15, 0.2) is 22.9 Å². The SMILES string of the molecule is CCNC(C)CC(=O)c1cc2cccc(F)c2o1. The number of hydrogen-bond donors (Lipinski definition) is 1.